The number of amidine groups is 1. The average Bonchev–Trinajstić information content (AvgIpc) is 2.84. The molecule has 0 radical (unpaired) electrons. The topological polar surface area (TPSA) is 24.7 Å². The van der Waals surface area contributed by atoms with Crippen LogP contribution in [0.15, 0.2) is 130 Å². The number of nitrogens with zero attached hydrogens (tertiary/aromatic N) is 2. The summed E-state index contributed by atoms with van der Waals surface area (Å²) in [4.78, 5) is 9.82. The summed E-state index contributed by atoms with van der Waals surface area (Å²) in [5.74, 6) is 0.624. The summed E-state index contributed by atoms with van der Waals surface area (Å²) in [5, 5.41) is 0. The molecule has 0 aliphatic rings. The van der Waals surface area contributed by atoms with E-state index in [1.807, 2.05) is 79.7 Å². The molecule has 2 nitrogen and oxygen atoms in total. The maximum Gasteiger partial charge on any atom is 0.160 e. The van der Waals surface area contributed by atoms with Gasteiger partial charge in [0, 0.05) is 15.7 Å². The summed E-state index contributed by atoms with van der Waals surface area (Å²) in [6.07, 6.45) is 0. The Morgan fingerprint density at radius 1 is 0.636 bits per heavy atom. The van der Waals surface area contributed by atoms with Crippen molar-refractivity contribution >= 4 is 33.2 Å². The van der Waals surface area contributed by atoms with Crippen molar-refractivity contribution in [1.29, 1.82) is 0 Å². The lowest BCUT2D eigenvalue weighted by Crippen LogP contribution is -2.04. The summed E-state index contributed by atoms with van der Waals surface area (Å²) in [5.41, 5.74) is 6.75. The van der Waals surface area contributed by atoms with Gasteiger partial charge in [-0.15, -0.1) is 0 Å². The fourth-order valence-corrected chi connectivity index (χ4v) is 3.89. The largest absolute Gasteiger partial charge is 0.233 e. The van der Waals surface area contributed by atoms with Crippen LogP contribution in [0.1, 0.15) is 31.0 Å². The minimum absolute atomic E-state index is 0. The molecule has 0 heterocycles. The van der Waals surface area contributed by atoms with E-state index in [-0.39, 0.29) is 7.43 Å². The fourth-order valence-electron chi connectivity index (χ4n) is 3.40. The van der Waals surface area contributed by atoms with Gasteiger partial charge in [-0.25, -0.2) is 9.98 Å². The van der Waals surface area contributed by atoms with E-state index in [1.54, 1.807) is 0 Å². The Balaban J connectivity index is 0.00000306. The molecule has 4 aromatic rings. The van der Waals surface area contributed by atoms with E-state index in [0.717, 1.165) is 38.0 Å². The van der Waals surface area contributed by atoms with Crippen LogP contribution < -0.4 is 0 Å². The third-order valence-corrected chi connectivity index (χ3v) is 5.53. The van der Waals surface area contributed by atoms with Gasteiger partial charge < -0.3 is 0 Å². The molecule has 4 rings (SSSR count). The summed E-state index contributed by atoms with van der Waals surface area (Å²) in [6.45, 7) is 6.21. The van der Waals surface area contributed by atoms with Crippen molar-refractivity contribution in [1.82, 2.24) is 0 Å². The smallest absolute Gasteiger partial charge is 0.160 e. The van der Waals surface area contributed by atoms with E-state index in [0.29, 0.717) is 11.5 Å². The maximum absolute atomic E-state index is 4.94. The first kappa shape index (κ1) is 24.1. The molecule has 0 aliphatic carbocycles. The molecule has 33 heavy (non-hydrogen) atoms. The SMILES string of the molecule is C.C=C(N=C(N=C(C)c1ccccc1)c1cc(Br)cc(-c2ccccc2)c1)c1ccccc1. The van der Waals surface area contributed by atoms with Crippen molar-refractivity contribution in [3.63, 3.8) is 0 Å². The van der Waals surface area contributed by atoms with E-state index in [4.69, 9.17) is 9.98 Å². The van der Waals surface area contributed by atoms with E-state index in [2.05, 4.69) is 58.9 Å². The summed E-state index contributed by atoms with van der Waals surface area (Å²) in [6, 6.07) is 36.7. The zero-order valence-corrected chi connectivity index (χ0v) is 19.5. The van der Waals surface area contributed by atoms with Crippen LogP contribution in [0.25, 0.3) is 16.8 Å². The number of hydrogen-bond donors (Lipinski definition) is 0. The molecular weight excluding hydrogens is 468 g/mol. The molecule has 0 saturated carbocycles. The molecule has 0 fully saturated rings. The Hall–Kier alpha value is -3.56. The number of benzene rings is 4. The molecule has 0 saturated heterocycles. The van der Waals surface area contributed by atoms with E-state index in [1.165, 1.54) is 0 Å². The van der Waals surface area contributed by atoms with Crippen LogP contribution in [0.2, 0.25) is 0 Å². The highest BCUT2D eigenvalue weighted by atomic mass is 79.9. The van der Waals surface area contributed by atoms with Crippen molar-refractivity contribution < 1.29 is 0 Å². The zero-order chi connectivity index (χ0) is 22.3. The van der Waals surface area contributed by atoms with Gasteiger partial charge in [0.1, 0.15) is 0 Å². The molecule has 0 aliphatic heterocycles. The molecule has 4 aromatic carbocycles. The van der Waals surface area contributed by atoms with Crippen LogP contribution in [0.5, 0.6) is 0 Å². The quantitative estimate of drug-likeness (QED) is 0.195. The lowest BCUT2D eigenvalue weighted by atomic mass is 10.0. The van der Waals surface area contributed by atoms with Gasteiger partial charge in [-0.1, -0.05) is 121 Å². The van der Waals surface area contributed by atoms with Crippen LogP contribution in [0, 0.1) is 0 Å². The standard InChI is InChI=1S/C29H23BrN2.CH4/c1-21(23-12-6-3-7-13-23)31-29(32-22(2)24-14-8-4-9-15-24)27-18-26(19-28(30)20-27)25-16-10-5-11-17-25;/h3-20H,1H2,2H3;1H4. The molecule has 3 heteroatoms. The lowest BCUT2D eigenvalue weighted by Gasteiger charge is -2.10. The van der Waals surface area contributed by atoms with Gasteiger partial charge in [-0.3, -0.25) is 0 Å². The molecule has 0 spiro atoms. The molecule has 0 unspecified atom stereocenters. The summed E-state index contributed by atoms with van der Waals surface area (Å²) in [7, 11) is 0. The highest BCUT2D eigenvalue weighted by Crippen LogP contribution is 2.27. The second kappa shape index (κ2) is 11.3. The van der Waals surface area contributed by atoms with Gasteiger partial charge in [0.15, 0.2) is 5.84 Å². The van der Waals surface area contributed by atoms with Crippen LogP contribution in [0.3, 0.4) is 0 Å². The first-order valence-corrected chi connectivity index (χ1v) is 11.2. The minimum atomic E-state index is 0. The monoisotopic (exact) mass is 494 g/mol. The number of hydrogen-bond acceptors (Lipinski definition) is 1. The van der Waals surface area contributed by atoms with Crippen molar-refractivity contribution in [2.45, 2.75) is 14.4 Å². The van der Waals surface area contributed by atoms with E-state index >= 15 is 0 Å². The lowest BCUT2D eigenvalue weighted by molar-refractivity contribution is 1.43. The molecule has 0 N–H and O–H groups in total. The second-order valence-corrected chi connectivity index (χ2v) is 8.32. The third-order valence-electron chi connectivity index (χ3n) is 5.08. The highest BCUT2D eigenvalue weighted by molar-refractivity contribution is 9.10. The van der Waals surface area contributed by atoms with Crippen molar-refractivity contribution in [3.8, 4) is 11.1 Å². The number of aliphatic imine (C=N–C) groups is 2. The molecule has 0 aromatic heterocycles. The van der Waals surface area contributed by atoms with Crippen LogP contribution in [-0.4, -0.2) is 11.5 Å². The fraction of sp³-hybridized carbons (Fsp3) is 0.0667. The Bertz CT molecular complexity index is 1270. The Kier molecular flexibility index (Phi) is 8.28. The first-order chi connectivity index (χ1) is 15.6. The average molecular weight is 495 g/mol. The number of rotatable bonds is 5. The van der Waals surface area contributed by atoms with Crippen LogP contribution in [-0.2, 0) is 0 Å². The molecular formula is C30H27BrN2. The predicted molar refractivity (Wildman–Crippen MR) is 147 cm³/mol. The number of halogens is 1. The Morgan fingerprint density at radius 2 is 1.18 bits per heavy atom. The Labute approximate surface area is 205 Å². The van der Waals surface area contributed by atoms with Crippen molar-refractivity contribution in [2.24, 2.45) is 9.98 Å². The minimum Gasteiger partial charge on any atom is -0.233 e. The van der Waals surface area contributed by atoms with Gasteiger partial charge in [0.2, 0.25) is 0 Å². The van der Waals surface area contributed by atoms with Crippen LogP contribution in [0.4, 0.5) is 0 Å². The second-order valence-electron chi connectivity index (χ2n) is 7.41. The zero-order valence-electron chi connectivity index (χ0n) is 17.9. The third kappa shape index (κ3) is 6.24. The summed E-state index contributed by atoms with van der Waals surface area (Å²) < 4.78 is 0.972. The van der Waals surface area contributed by atoms with E-state index in [9.17, 15) is 0 Å². The summed E-state index contributed by atoms with van der Waals surface area (Å²) >= 11 is 3.68. The molecule has 0 bridgehead atoms. The maximum atomic E-state index is 4.94. The van der Waals surface area contributed by atoms with Gasteiger partial charge in [-0.05, 0) is 47.4 Å². The molecule has 164 valence electrons. The molecule has 0 amide bonds. The highest BCUT2D eigenvalue weighted by Gasteiger charge is 2.10. The van der Waals surface area contributed by atoms with E-state index < -0.39 is 0 Å². The van der Waals surface area contributed by atoms with Crippen molar-refractivity contribution in [3.05, 3.63) is 137 Å². The van der Waals surface area contributed by atoms with Crippen LogP contribution >= 0.6 is 15.9 Å². The first-order valence-electron chi connectivity index (χ1n) is 10.4. The predicted octanol–water partition coefficient (Wildman–Crippen LogP) is 8.68. The Morgan fingerprint density at radius 3 is 1.79 bits per heavy atom. The van der Waals surface area contributed by atoms with Gasteiger partial charge in [0.25, 0.3) is 0 Å². The van der Waals surface area contributed by atoms with Crippen molar-refractivity contribution in [2.75, 3.05) is 0 Å². The normalized spacial score (nSPS) is 11.6. The van der Waals surface area contributed by atoms with Gasteiger partial charge in [-0.2, -0.15) is 0 Å². The molecule has 0 atom stereocenters. The van der Waals surface area contributed by atoms with Gasteiger partial charge >= 0.3 is 0 Å². The van der Waals surface area contributed by atoms with Gasteiger partial charge in [0.05, 0.1) is 5.70 Å².